The van der Waals surface area contributed by atoms with Gasteiger partial charge in [0.05, 0.1) is 20.3 Å². The van der Waals surface area contributed by atoms with Gasteiger partial charge in [-0.15, -0.1) is 0 Å². The van der Waals surface area contributed by atoms with Crippen LogP contribution in [-0.4, -0.2) is 38.1 Å². The van der Waals surface area contributed by atoms with E-state index < -0.39 is 0 Å². The van der Waals surface area contributed by atoms with Crippen LogP contribution in [0.5, 0.6) is 11.5 Å². The van der Waals surface area contributed by atoms with E-state index in [1.54, 1.807) is 14.2 Å². The van der Waals surface area contributed by atoms with Crippen molar-refractivity contribution in [1.29, 1.82) is 0 Å². The Kier molecular flexibility index (Phi) is 6.93. The van der Waals surface area contributed by atoms with E-state index in [9.17, 15) is 4.79 Å². The number of nitrogens with zero attached hydrogens (tertiary/aromatic N) is 1. The Morgan fingerprint density at radius 2 is 1.82 bits per heavy atom. The number of amides is 1. The fourth-order valence-electron chi connectivity index (χ4n) is 3.73. The Balaban J connectivity index is 1.51. The topological polar surface area (TPSA) is 50.8 Å². The van der Waals surface area contributed by atoms with Gasteiger partial charge in [-0.05, 0) is 44.5 Å². The molecule has 150 valence electrons. The van der Waals surface area contributed by atoms with Gasteiger partial charge in [-0.1, -0.05) is 36.4 Å². The average Bonchev–Trinajstić information content (AvgIpc) is 2.75. The van der Waals surface area contributed by atoms with Crippen molar-refractivity contribution in [2.45, 2.75) is 32.4 Å². The predicted molar refractivity (Wildman–Crippen MR) is 111 cm³/mol. The third-order valence-corrected chi connectivity index (χ3v) is 5.50. The zero-order valence-electron chi connectivity index (χ0n) is 17.0. The Morgan fingerprint density at radius 1 is 1.11 bits per heavy atom. The molecule has 1 N–H and O–H groups in total. The van der Waals surface area contributed by atoms with Crippen LogP contribution in [-0.2, 0) is 11.3 Å². The quantitative estimate of drug-likeness (QED) is 0.792. The van der Waals surface area contributed by atoms with Gasteiger partial charge in [-0.3, -0.25) is 9.69 Å². The van der Waals surface area contributed by atoms with Gasteiger partial charge in [-0.25, -0.2) is 0 Å². The van der Waals surface area contributed by atoms with E-state index in [1.165, 1.54) is 0 Å². The molecular weight excluding hydrogens is 352 g/mol. The number of ether oxygens (including phenoxy) is 2. The maximum Gasteiger partial charge on any atom is 0.223 e. The van der Waals surface area contributed by atoms with Crippen LogP contribution >= 0.6 is 0 Å². The fraction of sp³-hybridized carbons (Fsp3) is 0.435. The van der Waals surface area contributed by atoms with E-state index in [-0.39, 0.29) is 17.9 Å². The van der Waals surface area contributed by atoms with E-state index in [1.807, 2.05) is 37.3 Å². The van der Waals surface area contributed by atoms with E-state index in [0.29, 0.717) is 0 Å². The van der Waals surface area contributed by atoms with Crippen LogP contribution in [0.3, 0.4) is 0 Å². The molecule has 0 aromatic heterocycles. The minimum Gasteiger partial charge on any atom is -0.497 e. The van der Waals surface area contributed by atoms with Gasteiger partial charge in [0.1, 0.15) is 11.5 Å². The lowest BCUT2D eigenvalue weighted by Gasteiger charge is -2.32. The van der Waals surface area contributed by atoms with Gasteiger partial charge < -0.3 is 14.8 Å². The molecule has 0 saturated carbocycles. The van der Waals surface area contributed by atoms with Crippen LogP contribution in [0.25, 0.3) is 0 Å². The maximum absolute atomic E-state index is 12.7. The molecule has 28 heavy (non-hydrogen) atoms. The van der Waals surface area contributed by atoms with Crippen LogP contribution in [0.15, 0.2) is 48.5 Å². The molecule has 0 spiro atoms. The summed E-state index contributed by atoms with van der Waals surface area (Å²) in [6.07, 6.45) is 1.76. The van der Waals surface area contributed by atoms with Crippen molar-refractivity contribution in [2.75, 3.05) is 27.3 Å². The molecular formula is C23H30N2O3. The minimum absolute atomic E-state index is 0.0373. The predicted octanol–water partition coefficient (Wildman–Crippen LogP) is 3.79. The molecule has 1 aliphatic heterocycles. The summed E-state index contributed by atoms with van der Waals surface area (Å²) in [4.78, 5) is 15.0. The molecule has 2 aromatic rings. The van der Waals surface area contributed by atoms with Crippen LogP contribution in [0.4, 0.5) is 0 Å². The fourth-order valence-corrected chi connectivity index (χ4v) is 3.73. The number of benzene rings is 2. The molecule has 1 amide bonds. The summed E-state index contributed by atoms with van der Waals surface area (Å²) < 4.78 is 10.8. The van der Waals surface area contributed by atoms with Crippen molar-refractivity contribution in [3.63, 3.8) is 0 Å². The first kappa shape index (κ1) is 20.2. The lowest BCUT2D eigenvalue weighted by atomic mass is 9.94. The van der Waals surface area contributed by atoms with Gasteiger partial charge >= 0.3 is 0 Å². The molecule has 0 radical (unpaired) electrons. The van der Waals surface area contributed by atoms with E-state index in [4.69, 9.17) is 9.47 Å². The molecule has 5 nitrogen and oxygen atoms in total. The van der Waals surface area contributed by atoms with Crippen molar-refractivity contribution >= 4 is 5.91 Å². The highest BCUT2D eigenvalue weighted by molar-refractivity contribution is 5.79. The second-order valence-electron chi connectivity index (χ2n) is 7.37. The standard InChI is InChI=1S/C23H30N2O3/c1-17(18-7-5-4-6-8-18)24-23(26)19-11-13-25(14-12-19)16-20-9-10-21(27-2)15-22(20)28-3/h4-10,15,17,19H,11-14,16H2,1-3H3,(H,24,26). The smallest absolute Gasteiger partial charge is 0.223 e. The molecule has 3 rings (SSSR count). The summed E-state index contributed by atoms with van der Waals surface area (Å²) in [7, 11) is 3.34. The molecule has 0 aliphatic carbocycles. The van der Waals surface area contributed by atoms with Gasteiger partial charge in [0.15, 0.2) is 0 Å². The first-order valence-corrected chi connectivity index (χ1v) is 9.89. The molecule has 1 heterocycles. The SMILES string of the molecule is COc1ccc(CN2CCC(C(=O)NC(C)c3ccccc3)CC2)c(OC)c1. The first-order chi connectivity index (χ1) is 13.6. The van der Waals surface area contributed by atoms with Crippen molar-refractivity contribution < 1.29 is 14.3 Å². The van der Waals surface area contributed by atoms with E-state index >= 15 is 0 Å². The highest BCUT2D eigenvalue weighted by Crippen LogP contribution is 2.27. The van der Waals surface area contributed by atoms with Crippen LogP contribution < -0.4 is 14.8 Å². The van der Waals surface area contributed by atoms with Crippen LogP contribution in [0, 0.1) is 5.92 Å². The maximum atomic E-state index is 12.7. The second kappa shape index (κ2) is 9.60. The number of likely N-dealkylation sites (tertiary alicyclic amines) is 1. The zero-order valence-corrected chi connectivity index (χ0v) is 17.0. The van der Waals surface area contributed by atoms with Crippen molar-refractivity contribution in [3.05, 3.63) is 59.7 Å². The third-order valence-electron chi connectivity index (χ3n) is 5.50. The lowest BCUT2D eigenvalue weighted by Crippen LogP contribution is -2.40. The Morgan fingerprint density at radius 3 is 2.46 bits per heavy atom. The summed E-state index contributed by atoms with van der Waals surface area (Å²) in [6, 6.07) is 16.1. The molecule has 1 fully saturated rings. The first-order valence-electron chi connectivity index (χ1n) is 9.89. The van der Waals surface area contributed by atoms with Crippen molar-refractivity contribution in [3.8, 4) is 11.5 Å². The molecule has 5 heteroatoms. The normalized spacial score (nSPS) is 16.4. The summed E-state index contributed by atoms with van der Waals surface area (Å²) >= 11 is 0. The van der Waals surface area contributed by atoms with Gasteiger partial charge in [0.2, 0.25) is 5.91 Å². The van der Waals surface area contributed by atoms with Gasteiger partial charge in [0.25, 0.3) is 0 Å². The van der Waals surface area contributed by atoms with E-state index in [2.05, 4.69) is 28.4 Å². The van der Waals surface area contributed by atoms with Crippen molar-refractivity contribution in [1.82, 2.24) is 10.2 Å². The Labute approximate surface area is 167 Å². The van der Waals surface area contributed by atoms with Gasteiger partial charge in [0, 0.05) is 24.1 Å². The minimum atomic E-state index is 0.0373. The monoisotopic (exact) mass is 382 g/mol. The lowest BCUT2D eigenvalue weighted by molar-refractivity contribution is -0.127. The highest BCUT2D eigenvalue weighted by atomic mass is 16.5. The van der Waals surface area contributed by atoms with Crippen LogP contribution in [0.1, 0.15) is 36.9 Å². The number of nitrogens with one attached hydrogen (secondary N) is 1. The molecule has 1 atom stereocenters. The van der Waals surface area contributed by atoms with E-state index in [0.717, 1.165) is 55.1 Å². The highest BCUT2D eigenvalue weighted by Gasteiger charge is 2.26. The average molecular weight is 383 g/mol. The molecule has 2 aromatic carbocycles. The number of hydrogen-bond acceptors (Lipinski definition) is 4. The summed E-state index contributed by atoms with van der Waals surface area (Å²) in [6.45, 7) is 4.68. The Hall–Kier alpha value is -2.53. The number of carbonyl (C=O) groups excluding carboxylic acids is 1. The van der Waals surface area contributed by atoms with Crippen LogP contribution in [0.2, 0.25) is 0 Å². The number of piperidine rings is 1. The molecule has 1 aliphatic rings. The molecule has 1 saturated heterocycles. The van der Waals surface area contributed by atoms with Crippen molar-refractivity contribution in [2.24, 2.45) is 5.92 Å². The van der Waals surface area contributed by atoms with Gasteiger partial charge in [-0.2, -0.15) is 0 Å². The second-order valence-corrected chi connectivity index (χ2v) is 7.37. The zero-order chi connectivity index (χ0) is 19.9. The third kappa shape index (κ3) is 5.04. The number of rotatable bonds is 7. The summed E-state index contributed by atoms with van der Waals surface area (Å²) in [5, 5.41) is 3.17. The largest absolute Gasteiger partial charge is 0.497 e. The molecule has 0 bridgehead atoms. The molecule has 1 unspecified atom stereocenters. The summed E-state index contributed by atoms with van der Waals surface area (Å²) in [5.41, 5.74) is 2.28. The Bertz CT molecular complexity index is 771. The number of carbonyl (C=O) groups is 1. The number of hydrogen-bond donors (Lipinski definition) is 1. The summed E-state index contributed by atoms with van der Waals surface area (Å²) in [5.74, 6) is 1.89. The number of methoxy groups -OCH3 is 2.